The summed E-state index contributed by atoms with van der Waals surface area (Å²) >= 11 is 3.41. The fraction of sp³-hybridized carbons (Fsp3) is 0.429. The molecule has 0 amide bonds. The molecule has 2 saturated carbocycles. The Balaban J connectivity index is 1.24. The van der Waals surface area contributed by atoms with Crippen LogP contribution in [0, 0.1) is 11.3 Å². The summed E-state index contributed by atoms with van der Waals surface area (Å²) in [5.74, 6) is 0.907. The molecule has 0 saturated heterocycles. The van der Waals surface area contributed by atoms with Crippen LogP contribution in [0.2, 0.25) is 0 Å². The first kappa shape index (κ1) is 23.4. The van der Waals surface area contributed by atoms with Crippen LogP contribution in [0.15, 0.2) is 52.8 Å². The van der Waals surface area contributed by atoms with Gasteiger partial charge in [-0.2, -0.15) is 0 Å². The zero-order valence-corrected chi connectivity index (χ0v) is 21.6. The lowest BCUT2D eigenvalue weighted by Gasteiger charge is -2.46. The van der Waals surface area contributed by atoms with Crippen LogP contribution in [0.3, 0.4) is 0 Å². The lowest BCUT2D eigenvalue weighted by molar-refractivity contribution is -0.140. The highest BCUT2D eigenvalue weighted by Crippen LogP contribution is 2.53. The third-order valence-electron chi connectivity index (χ3n) is 7.94. The van der Waals surface area contributed by atoms with Gasteiger partial charge in [0, 0.05) is 30.4 Å². The number of nitrogens with one attached hydrogen (secondary N) is 1. The maximum absolute atomic E-state index is 12.7. The van der Waals surface area contributed by atoms with Gasteiger partial charge < -0.3 is 10.4 Å². The molecule has 0 bridgehead atoms. The van der Waals surface area contributed by atoms with Crippen molar-refractivity contribution in [2.24, 2.45) is 11.3 Å². The summed E-state index contributed by atoms with van der Waals surface area (Å²) in [5.41, 5.74) is 3.87. The Kier molecular flexibility index (Phi) is 5.94. The van der Waals surface area contributed by atoms with Gasteiger partial charge in [-0.1, -0.05) is 31.4 Å². The zero-order chi connectivity index (χ0) is 24.9. The van der Waals surface area contributed by atoms with Crippen molar-refractivity contribution in [2.75, 3.05) is 0 Å². The number of allylic oxidation sites excluding steroid dienone is 2. The molecule has 2 heterocycles. The Morgan fingerprint density at radius 2 is 1.92 bits per heavy atom. The molecular formula is C28H29BrN4O3. The SMILES string of the molecule is O=C(O)[C@H](Cc1ccc(-n2c(CC3CC3)nc3cccnc32)cc1)NC1=C(Br)C(=O)C12CCCCC2. The lowest BCUT2D eigenvalue weighted by atomic mass is 9.62. The number of Topliss-reactive ketones (excluding diaryl/α,β-unsaturated/α-hetero) is 1. The third-order valence-corrected chi connectivity index (χ3v) is 8.70. The van der Waals surface area contributed by atoms with Crippen LogP contribution in [-0.2, 0) is 22.4 Å². The van der Waals surface area contributed by atoms with Crippen molar-refractivity contribution < 1.29 is 14.7 Å². The van der Waals surface area contributed by atoms with Crippen molar-refractivity contribution in [1.29, 1.82) is 0 Å². The summed E-state index contributed by atoms with van der Waals surface area (Å²) in [6, 6.07) is 11.1. The summed E-state index contributed by atoms with van der Waals surface area (Å²) in [6.07, 6.45) is 10.2. The molecule has 1 aromatic carbocycles. The number of halogens is 1. The lowest BCUT2D eigenvalue weighted by Crippen LogP contribution is -2.53. The van der Waals surface area contributed by atoms with Crippen LogP contribution < -0.4 is 5.32 Å². The summed E-state index contributed by atoms with van der Waals surface area (Å²) < 4.78 is 2.63. The average Bonchev–Trinajstić information content (AvgIpc) is 3.64. The largest absolute Gasteiger partial charge is 0.480 e. The number of carbonyl (C=O) groups excluding carboxylic acids is 1. The molecular weight excluding hydrogens is 520 g/mol. The highest BCUT2D eigenvalue weighted by molar-refractivity contribution is 9.12. The van der Waals surface area contributed by atoms with E-state index in [1.165, 1.54) is 12.8 Å². The second kappa shape index (κ2) is 9.14. The van der Waals surface area contributed by atoms with Crippen LogP contribution in [-0.4, -0.2) is 37.4 Å². The molecule has 0 radical (unpaired) electrons. The molecule has 2 N–H and O–H groups in total. The summed E-state index contributed by atoms with van der Waals surface area (Å²) in [5, 5.41) is 13.2. The Morgan fingerprint density at radius 1 is 1.17 bits per heavy atom. The van der Waals surface area contributed by atoms with Crippen LogP contribution >= 0.6 is 15.9 Å². The van der Waals surface area contributed by atoms with E-state index in [1.54, 1.807) is 6.20 Å². The van der Waals surface area contributed by atoms with Gasteiger partial charge in [0.05, 0.1) is 9.90 Å². The number of aliphatic carboxylic acids is 1. The molecule has 2 aromatic heterocycles. The van der Waals surface area contributed by atoms with Crippen LogP contribution in [0.25, 0.3) is 16.9 Å². The number of carboxylic acid groups (broad SMARTS) is 1. The molecule has 36 heavy (non-hydrogen) atoms. The molecule has 1 atom stereocenters. The number of ketones is 1. The fourth-order valence-electron chi connectivity index (χ4n) is 5.76. The van der Waals surface area contributed by atoms with Crippen molar-refractivity contribution in [2.45, 2.75) is 63.8 Å². The molecule has 0 aliphatic heterocycles. The maximum Gasteiger partial charge on any atom is 0.326 e. The standard InChI is InChI=1S/C28H29BrN4O3/c29-23-24(28(25(23)34)12-2-1-3-13-28)32-21(27(35)36)15-17-8-10-19(11-9-17)33-22(16-18-6-7-18)31-20-5-4-14-30-26(20)33/h4-5,8-11,14,18,21,32H,1-3,6-7,12-13,15-16H2,(H,35,36)/t21-/m0/s1. The second-order valence-corrected chi connectivity index (χ2v) is 11.2. The van der Waals surface area contributed by atoms with Gasteiger partial charge in [0.15, 0.2) is 11.4 Å². The number of hydrogen-bond acceptors (Lipinski definition) is 5. The smallest absolute Gasteiger partial charge is 0.326 e. The van der Waals surface area contributed by atoms with E-state index in [9.17, 15) is 14.7 Å². The number of benzene rings is 1. The average molecular weight is 549 g/mol. The van der Waals surface area contributed by atoms with E-state index in [0.717, 1.165) is 72.5 Å². The van der Waals surface area contributed by atoms with E-state index < -0.39 is 17.4 Å². The van der Waals surface area contributed by atoms with E-state index in [-0.39, 0.29) is 5.78 Å². The van der Waals surface area contributed by atoms with E-state index in [4.69, 9.17) is 4.98 Å². The van der Waals surface area contributed by atoms with Crippen molar-refractivity contribution >= 4 is 38.8 Å². The minimum absolute atomic E-state index is 0.112. The van der Waals surface area contributed by atoms with Crippen LogP contribution in [0.5, 0.6) is 0 Å². The number of nitrogens with zero attached hydrogens (tertiary/aromatic N) is 3. The fourth-order valence-corrected chi connectivity index (χ4v) is 6.63. The van der Waals surface area contributed by atoms with Gasteiger partial charge >= 0.3 is 5.97 Å². The molecule has 8 heteroatoms. The van der Waals surface area contributed by atoms with E-state index >= 15 is 0 Å². The predicted molar refractivity (Wildman–Crippen MR) is 140 cm³/mol. The van der Waals surface area contributed by atoms with Crippen molar-refractivity contribution in [3.63, 3.8) is 0 Å². The molecule has 3 aromatic rings. The quantitative estimate of drug-likeness (QED) is 0.406. The van der Waals surface area contributed by atoms with E-state index in [1.807, 2.05) is 36.4 Å². The van der Waals surface area contributed by atoms with Gasteiger partial charge in [0.1, 0.15) is 17.4 Å². The van der Waals surface area contributed by atoms with Gasteiger partial charge in [0.25, 0.3) is 0 Å². The minimum atomic E-state index is -0.922. The number of imidazole rings is 1. The number of fused-ring (bicyclic) bond motifs is 1. The Labute approximate surface area is 218 Å². The zero-order valence-electron chi connectivity index (χ0n) is 20.0. The first-order valence-corrected chi connectivity index (χ1v) is 13.6. The van der Waals surface area contributed by atoms with Gasteiger partial charge in [-0.3, -0.25) is 9.36 Å². The molecule has 3 aliphatic rings. The predicted octanol–water partition coefficient (Wildman–Crippen LogP) is 5.10. The van der Waals surface area contributed by atoms with Gasteiger partial charge in [0.2, 0.25) is 0 Å². The first-order chi connectivity index (χ1) is 17.5. The molecule has 6 rings (SSSR count). The molecule has 186 valence electrons. The topological polar surface area (TPSA) is 97.1 Å². The number of carboxylic acids is 1. The highest BCUT2D eigenvalue weighted by atomic mass is 79.9. The third kappa shape index (κ3) is 4.05. The van der Waals surface area contributed by atoms with Gasteiger partial charge in [-0.05, 0) is 77.4 Å². The number of hydrogen-bond donors (Lipinski definition) is 2. The maximum atomic E-state index is 12.7. The summed E-state index contributed by atoms with van der Waals surface area (Å²) in [4.78, 5) is 34.3. The number of pyridine rings is 1. The number of carbonyl (C=O) groups is 2. The van der Waals surface area contributed by atoms with Gasteiger partial charge in [-0.15, -0.1) is 0 Å². The molecule has 1 spiro atoms. The summed E-state index contributed by atoms with van der Waals surface area (Å²) in [7, 11) is 0. The normalized spacial score (nSPS) is 20.0. The Hall–Kier alpha value is -3.00. The first-order valence-electron chi connectivity index (χ1n) is 12.8. The Bertz CT molecular complexity index is 1370. The molecule has 7 nitrogen and oxygen atoms in total. The van der Waals surface area contributed by atoms with Crippen LogP contribution in [0.4, 0.5) is 0 Å². The molecule has 2 fully saturated rings. The minimum Gasteiger partial charge on any atom is -0.480 e. The van der Waals surface area contributed by atoms with Crippen molar-refractivity contribution in [3.05, 3.63) is 64.2 Å². The van der Waals surface area contributed by atoms with E-state index in [2.05, 4.69) is 30.8 Å². The van der Waals surface area contributed by atoms with E-state index in [0.29, 0.717) is 16.8 Å². The second-order valence-electron chi connectivity index (χ2n) is 10.4. The number of aromatic nitrogens is 3. The van der Waals surface area contributed by atoms with Crippen molar-refractivity contribution in [1.82, 2.24) is 19.9 Å². The van der Waals surface area contributed by atoms with Gasteiger partial charge in [-0.25, -0.2) is 14.8 Å². The highest BCUT2D eigenvalue weighted by Gasteiger charge is 2.53. The Morgan fingerprint density at radius 3 is 2.61 bits per heavy atom. The summed E-state index contributed by atoms with van der Waals surface area (Å²) in [6.45, 7) is 0. The van der Waals surface area contributed by atoms with Crippen LogP contribution in [0.1, 0.15) is 56.3 Å². The molecule has 0 unspecified atom stereocenters. The number of rotatable bonds is 8. The molecule has 3 aliphatic carbocycles. The van der Waals surface area contributed by atoms with Crippen molar-refractivity contribution in [3.8, 4) is 5.69 Å². The monoisotopic (exact) mass is 548 g/mol.